The smallest absolute Gasteiger partial charge is 0.407 e. The van der Waals surface area contributed by atoms with Crippen molar-refractivity contribution >= 4 is 6.09 Å². The van der Waals surface area contributed by atoms with Gasteiger partial charge in [-0.25, -0.2) is 4.79 Å². The third-order valence-electron chi connectivity index (χ3n) is 5.92. The van der Waals surface area contributed by atoms with Gasteiger partial charge in [-0.05, 0) is 31.6 Å². The molecule has 1 aliphatic heterocycles. The summed E-state index contributed by atoms with van der Waals surface area (Å²) in [6.07, 6.45) is 5.53. The fourth-order valence-corrected chi connectivity index (χ4v) is 4.41. The number of ether oxygens (including phenoxy) is 2. The zero-order valence-corrected chi connectivity index (χ0v) is 15.4. The summed E-state index contributed by atoms with van der Waals surface area (Å²) in [5.74, 6) is 1.27. The van der Waals surface area contributed by atoms with Crippen LogP contribution in [0.3, 0.4) is 0 Å². The molecule has 4 heteroatoms. The van der Waals surface area contributed by atoms with Gasteiger partial charge in [-0.2, -0.15) is 0 Å². The molecule has 1 fully saturated rings. The monoisotopic (exact) mass is 323 g/mol. The normalized spacial score (nSPS) is 36.3. The third kappa shape index (κ3) is 3.57. The van der Waals surface area contributed by atoms with Crippen molar-refractivity contribution in [3.63, 3.8) is 0 Å². The molecule has 1 N–H and O–H groups in total. The van der Waals surface area contributed by atoms with Gasteiger partial charge < -0.3 is 14.8 Å². The Morgan fingerprint density at radius 2 is 2.13 bits per heavy atom. The Kier molecular flexibility index (Phi) is 6.12. The van der Waals surface area contributed by atoms with E-state index in [1.54, 1.807) is 0 Å². The van der Waals surface area contributed by atoms with Gasteiger partial charge >= 0.3 is 6.09 Å². The minimum absolute atomic E-state index is 0.0992. The number of rotatable bonds is 6. The van der Waals surface area contributed by atoms with E-state index in [-0.39, 0.29) is 11.5 Å². The first kappa shape index (κ1) is 18.3. The van der Waals surface area contributed by atoms with Crippen LogP contribution in [0.15, 0.2) is 11.6 Å². The van der Waals surface area contributed by atoms with Crippen LogP contribution in [-0.4, -0.2) is 32.0 Å². The van der Waals surface area contributed by atoms with Crippen molar-refractivity contribution in [3.8, 4) is 0 Å². The summed E-state index contributed by atoms with van der Waals surface area (Å²) in [4.78, 5) is 11.9. The zero-order valence-electron chi connectivity index (χ0n) is 15.4. The van der Waals surface area contributed by atoms with Crippen LogP contribution < -0.4 is 5.32 Å². The number of alkyl carbamates (subject to hydrolysis) is 1. The van der Waals surface area contributed by atoms with E-state index in [0.717, 1.165) is 19.3 Å². The molecular weight excluding hydrogens is 290 g/mol. The average Bonchev–Trinajstić information content (AvgIpc) is 2.51. The van der Waals surface area contributed by atoms with Crippen LogP contribution in [0.5, 0.6) is 0 Å². The third-order valence-corrected chi connectivity index (χ3v) is 5.92. The number of allylic oxidation sites excluding steroid dienone is 1. The lowest BCUT2D eigenvalue weighted by Gasteiger charge is -2.55. The van der Waals surface area contributed by atoms with Gasteiger partial charge in [0.25, 0.3) is 0 Å². The molecule has 0 aromatic rings. The van der Waals surface area contributed by atoms with Crippen molar-refractivity contribution in [2.24, 2.45) is 23.2 Å². The minimum Gasteiger partial charge on any atom is -0.449 e. The maximum Gasteiger partial charge on any atom is 0.407 e. The van der Waals surface area contributed by atoms with Gasteiger partial charge in [-0.15, -0.1) is 0 Å². The van der Waals surface area contributed by atoms with E-state index in [0.29, 0.717) is 43.6 Å². The molecule has 5 atom stereocenters. The van der Waals surface area contributed by atoms with Crippen molar-refractivity contribution < 1.29 is 14.3 Å². The van der Waals surface area contributed by atoms with E-state index in [1.807, 2.05) is 6.92 Å². The van der Waals surface area contributed by atoms with Crippen molar-refractivity contribution in [2.45, 2.75) is 60.0 Å². The van der Waals surface area contributed by atoms with Gasteiger partial charge in [0.1, 0.15) is 6.61 Å². The molecule has 0 aromatic heterocycles. The van der Waals surface area contributed by atoms with Gasteiger partial charge in [0.05, 0.1) is 12.7 Å². The number of nitrogens with one attached hydrogen (secondary N) is 1. The Bertz CT molecular complexity index is 448. The highest BCUT2D eigenvalue weighted by Gasteiger charge is 2.53. The second kappa shape index (κ2) is 7.69. The number of hydrogen-bond donors (Lipinski definition) is 1. The SMILES string of the molecule is CCCNC(=O)OCC12COC(CCC)C(C(C)=CC1C)C2C. The highest BCUT2D eigenvalue weighted by Crippen LogP contribution is 2.53. The molecule has 0 spiro atoms. The molecule has 132 valence electrons. The predicted molar refractivity (Wildman–Crippen MR) is 92.3 cm³/mol. The number of carbonyl (C=O) groups is 1. The molecule has 2 bridgehead atoms. The Labute approximate surface area is 141 Å². The van der Waals surface area contributed by atoms with Gasteiger partial charge in [-0.1, -0.05) is 45.8 Å². The van der Waals surface area contributed by atoms with Gasteiger partial charge in [0.2, 0.25) is 0 Å². The van der Waals surface area contributed by atoms with E-state index in [4.69, 9.17) is 9.47 Å². The summed E-state index contributed by atoms with van der Waals surface area (Å²) in [7, 11) is 0. The van der Waals surface area contributed by atoms with Crippen molar-refractivity contribution in [1.82, 2.24) is 5.32 Å². The first-order chi connectivity index (χ1) is 11.0. The fraction of sp³-hybridized carbons (Fsp3) is 0.842. The van der Waals surface area contributed by atoms with Crippen molar-refractivity contribution in [1.29, 1.82) is 0 Å². The number of amides is 1. The summed E-state index contributed by atoms with van der Waals surface area (Å²) < 4.78 is 11.8. The maximum atomic E-state index is 11.9. The summed E-state index contributed by atoms with van der Waals surface area (Å²) in [6, 6.07) is 0. The second-order valence-electron chi connectivity index (χ2n) is 7.39. The Morgan fingerprint density at radius 1 is 1.39 bits per heavy atom. The molecule has 2 rings (SSSR count). The summed E-state index contributed by atoms with van der Waals surface area (Å²) in [5, 5.41) is 2.79. The summed E-state index contributed by atoms with van der Waals surface area (Å²) in [6.45, 7) is 12.8. The highest BCUT2D eigenvalue weighted by atomic mass is 16.6. The van der Waals surface area contributed by atoms with E-state index in [2.05, 4.69) is 39.1 Å². The molecule has 1 saturated heterocycles. The van der Waals surface area contributed by atoms with Crippen LogP contribution in [0.25, 0.3) is 0 Å². The standard InChI is InChI=1S/C19H33NO3/c1-6-8-16-17-13(3)10-14(4)19(11-22-16,15(17)5)12-23-18(21)20-9-7-2/h10,14-17H,6-9,11-12H2,1-5H3,(H,20,21). The molecule has 4 nitrogen and oxygen atoms in total. The lowest BCUT2D eigenvalue weighted by Crippen LogP contribution is -2.57. The maximum absolute atomic E-state index is 11.9. The molecule has 5 unspecified atom stereocenters. The molecule has 0 aromatic carbocycles. The first-order valence-corrected chi connectivity index (χ1v) is 9.16. The van der Waals surface area contributed by atoms with E-state index in [1.165, 1.54) is 5.57 Å². The molecule has 2 aliphatic rings. The largest absolute Gasteiger partial charge is 0.449 e. The van der Waals surface area contributed by atoms with Gasteiger partial charge in [0.15, 0.2) is 0 Å². The summed E-state index contributed by atoms with van der Waals surface area (Å²) >= 11 is 0. The molecule has 0 saturated carbocycles. The van der Waals surface area contributed by atoms with Crippen LogP contribution in [0.2, 0.25) is 0 Å². The molecule has 1 heterocycles. The number of carbonyl (C=O) groups excluding carboxylic acids is 1. The quantitative estimate of drug-likeness (QED) is 0.747. The van der Waals surface area contributed by atoms with E-state index >= 15 is 0 Å². The zero-order chi connectivity index (χ0) is 17.0. The van der Waals surface area contributed by atoms with Crippen LogP contribution in [0.1, 0.15) is 53.9 Å². The highest BCUT2D eigenvalue weighted by molar-refractivity contribution is 5.67. The molecule has 1 amide bonds. The first-order valence-electron chi connectivity index (χ1n) is 9.16. The Hall–Kier alpha value is -1.03. The topological polar surface area (TPSA) is 47.6 Å². The predicted octanol–water partition coefficient (Wildman–Crippen LogP) is 4.16. The van der Waals surface area contributed by atoms with Crippen LogP contribution in [0.4, 0.5) is 4.79 Å². The van der Waals surface area contributed by atoms with E-state index < -0.39 is 0 Å². The molecule has 0 radical (unpaired) electrons. The van der Waals surface area contributed by atoms with Gasteiger partial charge in [0, 0.05) is 17.9 Å². The fourth-order valence-electron chi connectivity index (χ4n) is 4.41. The van der Waals surface area contributed by atoms with Crippen LogP contribution >= 0.6 is 0 Å². The lowest BCUT2D eigenvalue weighted by molar-refractivity contribution is -0.164. The van der Waals surface area contributed by atoms with E-state index in [9.17, 15) is 4.79 Å². The Balaban J connectivity index is 2.12. The van der Waals surface area contributed by atoms with Gasteiger partial charge in [-0.3, -0.25) is 0 Å². The van der Waals surface area contributed by atoms with Crippen molar-refractivity contribution in [2.75, 3.05) is 19.8 Å². The summed E-state index contributed by atoms with van der Waals surface area (Å²) in [5.41, 5.74) is 1.34. The molecule has 1 aliphatic carbocycles. The Morgan fingerprint density at radius 3 is 2.78 bits per heavy atom. The number of hydrogen-bond acceptors (Lipinski definition) is 3. The van der Waals surface area contributed by atoms with Crippen LogP contribution in [-0.2, 0) is 9.47 Å². The minimum atomic E-state index is -0.306. The molecule has 23 heavy (non-hydrogen) atoms. The number of fused-ring (bicyclic) bond motifs is 2. The van der Waals surface area contributed by atoms with Crippen molar-refractivity contribution in [3.05, 3.63) is 11.6 Å². The molecular formula is C19H33NO3. The van der Waals surface area contributed by atoms with Crippen LogP contribution in [0, 0.1) is 23.2 Å². The average molecular weight is 323 g/mol. The second-order valence-corrected chi connectivity index (χ2v) is 7.39. The lowest BCUT2D eigenvalue weighted by atomic mass is 9.56.